The number of carbonyl (C=O) groups is 2. The number of hydrogen-bond acceptors (Lipinski definition) is 3. The second-order valence-corrected chi connectivity index (χ2v) is 6.57. The fourth-order valence-electron chi connectivity index (χ4n) is 2.06. The summed E-state index contributed by atoms with van der Waals surface area (Å²) in [5, 5.41) is 5.85. The molecule has 2 rings (SSSR count). The predicted octanol–water partition coefficient (Wildman–Crippen LogP) is 2.14. The maximum atomic E-state index is 12.3. The van der Waals surface area contributed by atoms with Crippen LogP contribution in [0.4, 0.5) is 5.69 Å². The van der Waals surface area contributed by atoms with Crippen molar-refractivity contribution in [3.8, 4) is 0 Å². The van der Waals surface area contributed by atoms with Gasteiger partial charge in [0, 0.05) is 23.7 Å². The Hall–Kier alpha value is -1.88. The zero-order valence-corrected chi connectivity index (χ0v) is 13.5. The van der Waals surface area contributed by atoms with Gasteiger partial charge in [-0.25, -0.2) is 0 Å². The molecule has 1 saturated carbocycles. The first-order chi connectivity index (χ1) is 10.4. The number of rotatable bonds is 6. The van der Waals surface area contributed by atoms with Gasteiger partial charge >= 0.3 is 0 Å². The highest BCUT2D eigenvalue weighted by atomic mass is 16.2. The number of carbonyl (C=O) groups excluding carboxylic acids is 2. The molecule has 0 radical (unpaired) electrons. The average Bonchev–Trinajstić information content (AvgIpc) is 3.32. The van der Waals surface area contributed by atoms with Gasteiger partial charge in [0.2, 0.25) is 5.91 Å². The highest BCUT2D eigenvalue weighted by Gasteiger charge is 2.30. The van der Waals surface area contributed by atoms with E-state index in [9.17, 15) is 9.59 Å². The summed E-state index contributed by atoms with van der Waals surface area (Å²) in [6.07, 6.45) is 1.94. The minimum atomic E-state index is -0.435. The first-order valence-corrected chi connectivity index (χ1v) is 7.79. The van der Waals surface area contributed by atoms with Gasteiger partial charge in [-0.15, -0.1) is 0 Å². The third-order valence-electron chi connectivity index (χ3n) is 4.46. The molecule has 1 fully saturated rings. The molecule has 0 spiro atoms. The van der Waals surface area contributed by atoms with Gasteiger partial charge in [-0.3, -0.25) is 9.59 Å². The zero-order chi connectivity index (χ0) is 16.3. The summed E-state index contributed by atoms with van der Waals surface area (Å²) in [6, 6.07) is 6.94. The number of anilines is 1. The molecule has 5 heteroatoms. The van der Waals surface area contributed by atoms with Gasteiger partial charge in [0.15, 0.2) is 0 Å². The van der Waals surface area contributed by atoms with Gasteiger partial charge in [0.25, 0.3) is 5.91 Å². The Balaban J connectivity index is 2.00. The Kier molecular flexibility index (Phi) is 4.86. The number of nitrogens with two attached hydrogens (primary N) is 1. The second kappa shape index (κ2) is 6.48. The molecule has 1 aromatic carbocycles. The Morgan fingerprint density at radius 3 is 2.32 bits per heavy atom. The van der Waals surface area contributed by atoms with Crippen LogP contribution in [0.3, 0.4) is 0 Å². The van der Waals surface area contributed by atoms with Gasteiger partial charge in [-0.2, -0.15) is 0 Å². The molecule has 0 aromatic heterocycles. The van der Waals surface area contributed by atoms with Crippen LogP contribution in [0, 0.1) is 11.8 Å². The van der Waals surface area contributed by atoms with Gasteiger partial charge in [-0.1, -0.05) is 13.8 Å². The van der Waals surface area contributed by atoms with Gasteiger partial charge in [0.1, 0.15) is 0 Å². The van der Waals surface area contributed by atoms with E-state index in [1.54, 1.807) is 24.3 Å². The van der Waals surface area contributed by atoms with Crippen molar-refractivity contribution in [2.24, 2.45) is 17.6 Å². The molecule has 1 unspecified atom stereocenters. The summed E-state index contributed by atoms with van der Waals surface area (Å²) in [5.74, 6) is 0.312. The van der Waals surface area contributed by atoms with E-state index in [0.717, 1.165) is 18.5 Å². The van der Waals surface area contributed by atoms with E-state index in [1.807, 2.05) is 20.8 Å². The van der Waals surface area contributed by atoms with E-state index in [1.165, 1.54) is 0 Å². The molecule has 4 N–H and O–H groups in total. The Morgan fingerprint density at radius 2 is 1.86 bits per heavy atom. The minimum absolute atomic E-state index is 0.0627. The van der Waals surface area contributed by atoms with Crippen LogP contribution >= 0.6 is 0 Å². The van der Waals surface area contributed by atoms with Crippen molar-refractivity contribution in [2.45, 2.75) is 39.2 Å². The predicted molar refractivity (Wildman–Crippen MR) is 87.6 cm³/mol. The summed E-state index contributed by atoms with van der Waals surface area (Å²) in [7, 11) is 0. The zero-order valence-electron chi connectivity index (χ0n) is 13.5. The van der Waals surface area contributed by atoms with Crippen molar-refractivity contribution in [3.05, 3.63) is 29.8 Å². The molecule has 0 aliphatic heterocycles. The van der Waals surface area contributed by atoms with Crippen molar-refractivity contribution in [1.82, 2.24) is 5.32 Å². The highest BCUT2D eigenvalue weighted by molar-refractivity contribution is 5.97. The standard InChI is InChI=1S/C17H25N3O2/c1-11(2)17(3,10-18)20-16(22)13-6-8-14(9-7-13)19-15(21)12-4-5-12/h6-9,11-12H,4-5,10,18H2,1-3H3,(H,19,21)(H,20,22). The van der Waals surface area contributed by atoms with Crippen LogP contribution in [0.25, 0.3) is 0 Å². The summed E-state index contributed by atoms with van der Waals surface area (Å²) in [4.78, 5) is 24.0. The first kappa shape index (κ1) is 16.5. The van der Waals surface area contributed by atoms with E-state index >= 15 is 0 Å². The van der Waals surface area contributed by atoms with Gasteiger partial charge < -0.3 is 16.4 Å². The van der Waals surface area contributed by atoms with Crippen LogP contribution in [0.1, 0.15) is 44.0 Å². The van der Waals surface area contributed by atoms with Crippen LogP contribution in [0.2, 0.25) is 0 Å². The molecular weight excluding hydrogens is 278 g/mol. The van der Waals surface area contributed by atoms with Crippen molar-refractivity contribution in [2.75, 3.05) is 11.9 Å². The first-order valence-electron chi connectivity index (χ1n) is 7.79. The Labute approximate surface area is 131 Å². The summed E-state index contributed by atoms with van der Waals surface area (Å²) in [6.45, 7) is 6.39. The van der Waals surface area contributed by atoms with Crippen LogP contribution < -0.4 is 16.4 Å². The molecule has 1 atom stereocenters. The van der Waals surface area contributed by atoms with E-state index in [4.69, 9.17) is 5.73 Å². The van der Waals surface area contributed by atoms with Crippen molar-refractivity contribution >= 4 is 17.5 Å². The van der Waals surface area contributed by atoms with E-state index < -0.39 is 5.54 Å². The number of amides is 2. The van der Waals surface area contributed by atoms with Crippen LogP contribution in [0.5, 0.6) is 0 Å². The molecule has 5 nitrogen and oxygen atoms in total. The smallest absolute Gasteiger partial charge is 0.251 e. The molecule has 1 aromatic rings. The summed E-state index contributed by atoms with van der Waals surface area (Å²) in [5.41, 5.74) is 6.63. The lowest BCUT2D eigenvalue weighted by Crippen LogP contribution is -2.55. The monoisotopic (exact) mass is 303 g/mol. The van der Waals surface area contributed by atoms with Crippen molar-refractivity contribution in [1.29, 1.82) is 0 Å². The van der Waals surface area contributed by atoms with Crippen LogP contribution in [-0.2, 0) is 4.79 Å². The summed E-state index contributed by atoms with van der Waals surface area (Å²) < 4.78 is 0. The second-order valence-electron chi connectivity index (χ2n) is 6.57. The van der Waals surface area contributed by atoms with Crippen LogP contribution in [-0.4, -0.2) is 23.9 Å². The lowest BCUT2D eigenvalue weighted by atomic mass is 9.88. The Bertz CT molecular complexity index is 550. The number of nitrogens with one attached hydrogen (secondary N) is 2. The van der Waals surface area contributed by atoms with E-state index in [2.05, 4.69) is 10.6 Å². The maximum absolute atomic E-state index is 12.3. The van der Waals surface area contributed by atoms with Crippen LogP contribution in [0.15, 0.2) is 24.3 Å². The SMILES string of the molecule is CC(C)C(C)(CN)NC(=O)c1ccc(NC(=O)C2CC2)cc1. The molecular formula is C17H25N3O2. The van der Waals surface area contributed by atoms with Gasteiger partial charge in [0.05, 0.1) is 5.54 Å². The maximum Gasteiger partial charge on any atom is 0.251 e. The van der Waals surface area contributed by atoms with Crippen molar-refractivity contribution < 1.29 is 9.59 Å². The normalized spacial score (nSPS) is 17.0. The lowest BCUT2D eigenvalue weighted by Gasteiger charge is -2.33. The highest BCUT2D eigenvalue weighted by Crippen LogP contribution is 2.30. The average molecular weight is 303 g/mol. The van der Waals surface area contributed by atoms with E-state index in [0.29, 0.717) is 12.1 Å². The molecule has 0 heterocycles. The third-order valence-corrected chi connectivity index (χ3v) is 4.46. The largest absolute Gasteiger partial charge is 0.345 e. The van der Waals surface area contributed by atoms with Crippen molar-refractivity contribution in [3.63, 3.8) is 0 Å². The molecule has 1 aliphatic rings. The topological polar surface area (TPSA) is 84.2 Å². The molecule has 120 valence electrons. The molecule has 2 amide bonds. The molecule has 1 aliphatic carbocycles. The third kappa shape index (κ3) is 3.85. The fraction of sp³-hybridized carbons (Fsp3) is 0.529. The lowest BCUT2D eigenvalue weighted by molar-refractivity contribution is -0.117. The van der Waals surface area contributed by atoms with E-state index in [-0.39, 0.29) is 23.7 Å². The quantitative estimate of drug-likeness (QED) is 0.752. The Morgan fingerprint density at radius 1 is 1.27 bits per heavy atom. The fourth-order valence-corrected chi connectivity index (χ4v) is 2.06. The molecule has 22 heavy (non-hydrogen) atoms. The summed E-state index contributed by atoms with van der Waals surface area (Å²) >= 11 is 0. The molecule has 0 saturated heterocycles. The van der Waals surface area contributed by atoms with Gasteiger partial charge in [-0.05, 0) is 49.9 Å². The number of benzene rings is 1. The molecule has 0 bridgehead atoms. The minimum Gasteiger partial charge on any atom is -0.345 e. The number of hydrogen-bond donors (Lipinski definition) is 3.